The van der Waals surface area contributed by atoms with Crippen LogP contribution in [-0.4, -0.2) is 61.2 Å². The van der Waals surface area contributed by atoms with E-state index in [1.165, 1.54) is 20.0 Å². The molecule has 0 aliphatic heterocycles. The summed E-state index contributed by atoms with van der Waals surface area (Å²) >= 11 is 0. The minimum Gasteiger partial charge on any atom is -0.504 e. The summed E-state index contributed by atoms with van der Waals surface area (Å²) in [6.45, 7) is 4.17. The molecule has 0 atom stereocenters. The predicted molar refractivity (Wildman–Crippen MR) is 115 cm³/mol. The Morgan fingerprint density at radius 3 is 2.50 bits per heavy atom. The Bertz CT molecular complexity index is 649. The van der Waals surface area contributed by atoms with E-state index in [2.05, 4.69) is 30.8 Å². The third-order valence-corrected chi connectivity index (χ3v) is 5.59. The van der Waals surface area contributed by atoms with Gasteiger partial charge in [-0.05, 0) is 88.9 Å². The van der Waals surface area contributed by atoms with E-state index in [1.807, 2.05) is 6.08 Å². The van der Waals surface area contributed by atoms with Crippen LogP contribution in [0.3, 0.4) is 0 Å². The maximum Gasteiger partial charge on any atom is 0.246 e. The van der Waals surface area contributed by atoms with Crippen molar-refractivity contribution < 1.29 is 14.6 Å². The van der Waals surface area contributed by atoms with Crippen molar-refractivity contribution in [1.82, 2.24) is 9.80 Å². The molecule has 1 amide bonds. The fraction of sp³-hybridized carbons (Fsp3) is 0.609. The Morgan fingerprint density at radius 2 is 1.86 bits per heavy atom. The van der Waals surface area contributed by atoms with Crippen molar-refractivity contribution in [3.63, 3.8) is 0 Å². The molecular weight excluding hydrogens is 352 g/mol. The molecule has 0 bridgehead atoms. The Hall–Kier alpha value is -2.01. The van der Waals surface area contributed by atoms with Crippen molar-refractivity contribution >= 4 is 12.0 Å². The summed E-state index contributed by atoms with van der Waals surface area (Å²) in [5, 5.41) is 9.72. The number of unbranched alkanes of at least 4 members (excludes halogenated alkanes) is 1. The Labute approximate surface area is 170 Å². The van der Waals surface area contributed by atoms with E-state index < -0.39 is 0 Å². The lowest BCUT2D eigenvalue weighted by Crippen LogP contribution is -2.42. The number of phenols is 1. The molecule has 5 heteroatoms. The molecule has 0 heterocycles. The van der Waals surface area contributed by atoms with Gasteiger partial charge in [0.15, 0.2) is 11.5 Å². The number of hydrogen-bond donors (Lipinski definition) is 1. The van der Waals surface area contributed by atoms with Crippen LogP contribution in [0, 0.1) is 5.92 Å². The molecule has 1 fully saturated rings. The van der Waals surface area contributed by atoms with Gasteiger partial charge >= 0.3 is 0 Å². The molecule has 0 unspecified atom stereocenters. The van der Waals surface area contributed by atoms with Crippen LogP contribution in [0.25, 0.3) is 6.08 Å². The van der Waals surface area contributed by atoms with Crippen molar-refractivity contribution in [2.45, 2.75) is 51.5 Å². The lowest BCUT2D eigenvalue weighted by atomic mass is 9.86. The van der Waals surface area contributed by atoms with Crippen LogP contribution < -0.4 is 4.74 Å². The van der Waals surface area contributed by atoms with E-state index in [0.717, 1.165) is 50.3 Å². The first-order valence-corrected chi connectivity index (χ1v) is 10.4. The fourth-order valence-corrected chi connectivity index (χ4v) is 3.80. The van der Waals surface area contributed by atoms with Gasteiger partial charge in [0.05, 0.1) is 7.11 Å². The number of nitrogens with zero attached hydrogens (tertiary/aromatic N) is 2. The van der Waals surface area contributed by atoms with Crippen LogP contribution in [0.4, 0.5) is 0 Å². The van der Waals surface area contributed by atoms with E-state index >= 15 is 0 Å². The number of carbonyl (C=O) groups excluding carboxylic acids is 1. The number of ether oxygens (including phenoxy) is 1. The second-order valence-electron chi connectivity index (χ2n) is 8.22. The number of rotatable bonds is 9. The molecule has 1 N–H and O–H groups in total. The van der Waals surface area contributed by atoms with Gasteiger partial charge in [0, 0.05) is 18.7 Å². The van der Waals surface area contributed by atoms with Crippen LogP contribution in [0.2, 0.25) is 0 Å². The summed E-state index contributed by atoms with van der Waals surface area (Å²) in [6.07, 6.45) is 10.2. The molecule has 0 saturated heterocycles. The first-order valence-electron chi connectivity index (χ1n) is 10.4. The average molecular weight is 389 g/mol. The molecule has 28 heavy (non-hydrogen) atoms. The van der Waals surface area contributed by atoms with Gasteiger partial charge < -0.3 is 19.6 Å². The number of hydrogen-bond acceptors (Lipinski definition) is 4. The number of phenolic OH excluding ortho intramolecular Hbond substituents is 1. The first kappa shape index (κ1) is 22.3. The minimum atomic E-state index is 0.0800. The summed E-state index contributed by atoms with van der Waals surface area (Å²) in [7, 11) is 5.69. The highest BCUT2D eigenvalue weighted by molar-refractivity contribution is 5.92. The normalized spacial score (nSPS) is 19.9. The van der Waals surface area contributed by atoms with Crippen molar-refractivity contribution in [3.8, 4) is 11.5 Å². The number of benzene rings is 1. The molecule has 156 valence electrons. The van der Waals surface area contributed by atoms with Gasteiger partial charge in [-0.15, -0.1) is 0 Å². The zero-order valence-electron chi connectivity index (χ0n) is 17.9. The molecule has 1 saturated carbocycles. The lowest BCUT2D eigenvalue weighted by Gasteiger charge is -2.36. The molecule has 0 spiro atoms. The van der Waals surface area contributed by atoms with E-state index in [1.54, 1.807) is 24.3 Å². The summed E-state index contributed by atoms with van der Waals surface area (Å²) in [5.41, 5.74) is 0.841. The molecule has 1 aliphatic carbocycles. The Kier molecular flexibility index (Phi) is 8.84. The van der Waals surface area contributed by atoms with Gasteiger partial charge in [0.25, 0.3) is 0 Å². The van der Waals surface area contributed by atoms with E-state index in [0.29, 0.717) is 11.8 Å². The second-order valence-corrected chi connectivity index (χ2v) is 8.22. The summed E-state index contributed by atoms with van der Waals surface area (Å²) in [6, 6.07) is 5.46. The largest absolute Gasteiger partial charge is 0.504 e. The van der Waals surface area contributed by atoms with Crippen LogP contribution in [0.5, 0.6) is 11.5 Å². The van der Waals surface area contributed by atoms with Crippen LogP contribution >= 0.6 is 0 Å². The average Bonchev–Trinajstić information content (AvgIpc) is 2.68. The SMILES string of the molecule is COc1cc(/C=C/C(=O)N(CCCCN(C)C)C2CCC(C)CC2)ccc1O. The van der Waals surface area contributed by atoms with Crippen LogP contribution in [0.1, 0.15) is 51.0 Å². The topological polar surface area (TPSA) is 53.0 Å². The van der Waals surface area contributed by atoms with Gasteiger partial charge in [0.1, 0.15) is 0 Å². The Balaban J connectivity index is 2.04. The molecule has 1 aromatic carbocycles. The van der Waals surface area contributed by atoms with Crippen LogP contribution in [-0.2, 0) is 4.79 Å². The fourth-order valence-electron chi connectivity index (χ4n) is 3.80. The number of carbonyl (C=O) groups is 1. The Morgan fingerprint density at radius 1 is 1.18 bits per heavy atom. The highest BCUT2D eigenvalue weighted by Gasteiger charge is 2.26. The summed E-state index contributed by atoms with van der Waals surface area (Å²) in [5.74, 6) is 1.36. The zero-order valence-corrected chi connectivity index (χ0v) is 17.9. The van der Waals surface area contributed by atoms with Gasteiger partial charge in [-0.25, -0.2) is 0 Å². The highest BCUT2D eigenvalue weighted by Crippen LogP contribution is 2.29. The highest BCUT2D eigenvalue weighted by atomic mass is 16.5. The maximum absolute atomic E-state index is 13.0. The van der Waals surface area contributed by atoms with Crippen molar-refractivity contribution in [2.24, 2.45) is 5.92 Å². The molecule has 0 radical (unpaired) electrons. The van der Waals surface area contributed by atoms with Gasteiger partial charge in [-0.1, -0.05) is 13.0 Å². The van der Waals surface area contributed by atoms with Crippen molar-refractivity contribution in [1.29, 1.82) is 0 Å². The summed E-state index contributed by atoms with van der Waals surface area (Å²) < 4.78 is 5.15. The van der Waals surface area contributed by atoms with E-state index in [9.17, 15) is 9.90 Å². The standard InChI is InChI=1S/C23H36N2O3/c1-18-7-11-20(12-8-18)25(16-6-5-15-24(2)3)23(27)14-10-19-9-13-21(26)22(17-19)28-4/h9-10,13-14,17-18,20,26H,5-8,11-12,15-16H2,1-4H3/b14-10+. The third-order valence-electron chi connectivity index (χ3n) is 5.59. The lowest BCUT2D eigenvalue weighted by molar-refractivity contribution is -0.129. The monoisotopic (exact) mass is 388 g/mol. The molecule has 5 nitrogen and oxygen atoms in total. The van der Waals surface area contributed by atoms with Crippen molar-refractivity contribution in [2.75, 3.05) is 34.3 Å². The number of methoxy groups -OCH3 is 1. The third kappa shape index (κ3) is 6.86. The summed E-state index contributed by atoms with van der Waals surface area (Å²) in [4.78, 5) is 17.3. The number of amides is 1. The maximum atomic E-state index is 13.0. The van der Waals surface area contributed by atoms with Crippen molar-refractivity contribution in [3.05, 3.63) is 29.8 Å². The number of aromatic hydroxyl groups is 1. The molecule has 1 aromatic rings. The predicted octanol–water partition coefficient (Wildman–Crippen LogP) is 4.16. The molecule has 0 aromatic heterocycles. The van der Waals surface area contributed by atoms with E-state index in [4.69, 9.17) is 4.74 Å². The zero-order chi connectivity index (χ0) is 20.5. The quantitative estimate of drug-likeness (QED) is 0.510. The molecule has 2 rings (SSSR count). The van der Waals surface area contributed by atoms with Gasteiger partial charge in [-0.2, -0.15) is 0 Å². The smallest absolute Gasteiger partial charge is 0.246 e. The van der Waals surface area contributed by atoms with Crippen LogP contribution in [0.15, 0.2) is 24.3 Å². The van der Waals surface area contributed by atoms with Gasteiger partial charge in [-0.3, -0.25) is 4.79 Å². The van der Waals surface area contributed by atoms with E-state index in [-0.39, 0.29) is 11.7 Å². The second kappa shape index (κ2) is 11.1. The van der Waals surface area contributed by atoms with Gasteiger partial charge in [0.2, 0.25) is 5.91 Å². The molecular formula is C23H36N2O3. The first-order chi connectivity index (χ1) is 13.4. The molecule has 1 aliphatic rings. The minimum absolute atomic E-state index is 0.0800.